The van der Waals surface area contributed by atoms with E-state index in [4.69, 9.17) is 0 Å². The average molecular weight is 215 g/mol. The molecule has 0 fully saturated rings. The van der Waals surface area contributed by atoms with Gasteiger partial charge in [-0.25, -0.2) is 15.0 Å². The molecule has 2 aromatic rings. The Kier molecular flexibility index (Phi) is 3.46. The minimum absolute atomic E-state index is 0.765. The molecule has 0 bridgehead atoms. The van der Waals surface area contributed by atoms with Gasteiger partial charge in [-0.15, -0.1) is 0 Å². The molecule has 0 N–H and O–H groups in total. The first kappa shape index (κ1) is 9.86. The zero-order chi connectivity index (χ0) is 10.3. The number of rotatable bonds is 3. The van der Waals surface area contributed by atoms with Crippen molar-refractivity contribution in [2.24, 2.45) is 4.99 Å². The lowest BCUT2D eigenvalue weighted by atomic mass is 10.4. The maximum absolute atomic E-state index is 4.21. The van der Waals surface area contributed by atoms with Gasteiger partial charge < -0.3 is 0 Å². The van der Waals surface area contributed by atoms with E-state index in [0.717, 1.165) is 10.6 Å². The fraction of sp³-hybridized carbons (Fsp3) is 0. The van der Waals surface area contributed by atoms with Gasteiger partial charge in [0.15, 0.2) is 0 Å². The van der Waals surface area contributed by atoms with Crippen molar-refractivity contribution in [1.82, 2.24) is 9.97 Å². The third-order valence-electron chi connectivity index (χ3n) is 1.68. The van der Waals surface area contributed by atoms with E-state index in [-0.39, 0.29) is 0 Å². The highest BCUT2D eigenvalue weighted by molar-refractivity contribution is 8.12. The predicted molar refractivity (Wildman–Crippen MR) is 62.5 cm³/mol. The standard InChI is InChI=1S/C11H9N3S/c1-2-4-11(5-3-1)15-9-14-10-6-12-8-13-7-10/h1-9H. The first-order valence-corrected chi connectivity index (χ1v) is 5.32. The Hall–Kier alpha value is -1.68. The molecule has 0 aliphatic carbocycles. The van der Waals surface area contributed by atoms with Crippen LogP contribution in [0.2, 0.25) is 0 Å². The number of aliphatic imine (C=N–C) groups is 1. The van der Waals surface area contributed by atoms with Crippen LogP contribution in [0.3, 0.4) is 0 Å². The van der Waals surface area contributed by atoms with E-state index in [1.165, 1.54) is 6.33 Å². The van der Waals surface area contributed by atoms with Gasteiger partial charge in [-0.2, -0.15) is 0 Å². The first-order valence-electron chi connectivity index (χ1n) is 4.44. The fourth-order valence-electron chi connectivity index (χ4n) is 1.01. The van der Waals surface area contributed by atoms with E-state index >= 15 is 0 Å². The minimum atomic E-state index is 0.765. The highest BCUT2D eigenvalue weighted by atomic mass is 32.2. The summed E-state index contributed by atoms with van der Waals surface area (Å²) in [6, 6.07) is 10.1. The van der Waals surface area contributed by atoms with Crippen LogP contribution < -0.4 is 0 Å². The SMILES string of the molecule is C(=Nc1cncnc1)Sc1ccccc1. The highest BCUT2D eigenvalue weighted by Crippen LogP contribution is 2.16. The topological polar surface area (TPSA) is 38.1 Å². The van der Waals surface area contributed by atoms with Gasteiger partial charge in [-0.3, -0.25) is 0 Å². The molecular formula is C11H9N3S. The molecule has 1 aromatic carbocycles. The number of hydrogen-bond acceptors (Lipinski definition) is 4. The molecule has 0 unspecified atom stereocenters. The number of nitrogens with zero attached hydrogens (tertiary/aromatic N) is 3. The van der Waals surface area contributed by atoms with Crippen LogP contribution in [0.15, 0.2) is 58.9 Å². The van der Waals surface area contributed by atoms with Gasteiger partial charge in [0.25, 0.3) is 0 Å². The van der Waals surface area contributed by atoms with E-state index in [1.54, 1.807) is 29.7 Å². The summed E-state index contributed by atoms with van der Waals surface area (Å²) in [6.45, 7) is 0. The Morgan fingerprint density at radius 3 is 2.53 bits per heavy atom. The molecule has 0 spiro atoms. The van der Waals surface area contributed by atoms with E-state index in [0.29, 0.717) is 0 Å². The second-order valence-corrected chi connectivity index (χ2v) is 3.68. The molecule has 74 valence electrons. The van der Waals surface area contributed by atoms with Crippen molar-refractivity contribution in [3.63, 3.8) is 0 Å². The molecule has 0 saturated carbocycles. The van der Waals surface area contributed by atoms with Crippen LogP contribution in [0.1, 0.15) is 0 Å². The molecule has 3 nitrogen and oxygen atoms in total. The second-order valence-electron chi connectivity index (χ2n) is 2.76. The maximum Gasteiger partial charge on any atom is 0.115 e. The minimum Gasteiger partial charge on any atom is -0.246 e. The van der Waals surface area contributed by atoms with Crippen LogP contribution in [-0.4, -0.2) is 15.5 Å². The highest BCUT2D eigenvalue weighted by Gasteiger charge is 1.88. The predicted octanol–water partition coefficient (Wildman–Crippen LogP) is 2.93. The fourth-order valence-corrected chi connectivity index (χ4v) is 1.62. The summed E-state index contributed by atoms with van der Waals surface area (Å²) in [5, 5.41) is 0. The molecule has 0 aliphatic rings. The first-order chi connectivity index (χ1) is 7.45. The van der Waals surface area contributed by atoms with Crippen molar-refractivity contribution < 1.29 is 0 Å². The summed E-state index contributed by atoms with van der Waals surface area (Å²) in [4.78, 5) is 13.1. The van der Waals surface area contributed by atoms with Crippen molar-refractivity contribution in [2.45, 2.75) is 4.90 Å². The third kappa shape index (κ3) is 3.18. The summed E-state index contributed by atoms with van der Waals surface area (Å²) in [5.74, 6) is 0. The van der Waals surface area contributed by atoms with Crippen molar-refractivity contribution in [1.29, 1.82) is 0 Å². The lowest BCUT2D eigenvalue weighted by Gasteiger charge is -1.93. The van der Waals surface area contributed by atoms with Crippen molar-refractivity contribution in [3.05, 3.63) is 49.1 Å². The van der Waals surface area contributed by atoms with Crippen LogP contribution in [-0.2, 0) is 0 Å². The maximum atomic E-state index is 4.21. The average Bonchev–Trinajstić information content (AvgIpc) is 2.32. The smallest absolute Gasteiger partial charge is 0.115 e. The third-order valence-corrected chi connectivity index (χ3v) is 2.44. The van der Waals surface area contributed by atoms with Gasteiger partial charge in [0.05, 0.1) is 17.9 Å². The summed E-state index contributed by atoms with van der Waals surface area (Å²) >= 11 is 1.57. The van der Waals surface area contributed by atoms with E-state index in [9.17, 15) is 0 Å². The van der Waals surface area contributed by atoms with Crippen LogP contribution in [0.5, 0.6) is 0 Å². The normalized spacial score (nSPS) is 10.7. The zero-order valence-electron chi connectivity index (χ0n) is 7.95. The van der Waals surface area contributed by atoms with Gasteiger partial charge in [-0.1, -0.05) is 30.0 Å². The van der Waals surface area contributed by atoms with E-state index < -0.39 is 0 Å². The van der Waals surface area contributed by atoms with E-state index in [1.807, 2.05) is 30.3 Å². The monoisotopic (exact) mass is 215 g/mol. The summed E-state index contributed by atoms with van der Waals surface area (Å²) in [5.41, 5.74) is 2.55. The Bertz CT molecular complexity index is 428. The van der Waals surface area contributed by atoms with Gasteiger partial charge >= 0.3 is 0 Å². The Morgan fingerprint density at radius 1 is 1.07 bits per heavy atom. The van der Waals surface area contributed by atoms with Gasteiger partial charge in [0, 0.05) is 4.90 Å². The lowest BCUT2D eigenvalue weighted by molar-refractivity contribution is 1.16. The Balaban J connectivity index is 1.97. The Morgan fingerprint density at radius 2 is 1.80 bits per heavy atom. The van der Waals surface area contributed by atoms with Crippen molar-refractivity contribution in [2.75, 3.05) is 0 Å². The number of hydrogen-bond donors (Lipinski definition) is 0. The quantitative estimate of drug-likeness (QED) is 0.449. The van der Waals surface area contributed by atoms with Gasteiger partial charge in [-0.05, 0) is 12.1 Å². The molecule has 1 aromatic heterocycles. The molecule has 0 aliphatic heterocycles. The molecule has 4 heteroatoms. The molecule has 0 saturated heterocycles. The lowest BCUT2D eigenvalue weighted by Crippen LogP contribution is -1.74. The van der Waals surface area contributed by atoms with Crippen LogP contribution in [0.4, 0.5) is 5.69 Å². The van der Waals surface area contributed by atoms with Crippen LogP contribution >= 0.6 is 11.8 Å². The number of thioether (sulfide) groups is 1. The molecule has 15 heavy (non-hydrogen) atoms. The van der Waals surface area contributed by atoms with Crippen LogP contribution in [0.25, 0.3) is 0 Å². The Labute approximate surface area is 92.3 Å². The largest absolute Gasteiger partial charge is 0.246 e. The molecule has 0 atom stereocenters. The molecule has 2 rings (SSSR count). The second kappa shape index (κ2) is 5.26. The summed E-state index contributed by atoms with van der Waals surface area (Å²) in [7, 11) is 0. The van der Waals surface area contributed by atoms with Gasteiger partial charge in [0.2, 0.25) is 0 Å². The van der Waals surface area contributed by atoms with Gasteiger partial charge in [0.1, 0.15) is 12.0 Å². The molecular weight excluding hydrogens is 206 g/mol. The summed E-state index contributed by atoms with van der Waals surface area (Å²) < 4.78 is 0. The van der Waals surface area contributed by atoms with Crippen molar-refractivity contribution >= 4 is 23.0 Å². The van der Waals surface area contributed by atoms with Crippen molar-refractivity contribution in [3.8, 4) is 0 Å². The number of benzene rings is 1. The summed E-state index contributed by atoms with van der Waals surface area (Å²) in [6.07, 6.45) is 4.84. The molecule has 1 heterocycles. The molecule has 0 amide bonds. The zero-order valence-corrected chi connectivity index (χ0v) is 8.76. The van der Waals surface area contributed by atoms with Crippen LogP contribution in [0, 0.1) is 0 Å². The molecule has 0 radical (unpaired) electrons. The number of aromatic nitrogens is 2. The van der Waals surface area contributed by atoms with E-state index in [2.05, 4.69) is 15.0 Å².